The molecule has 0 aliphatic rings. The third-order valence-electron chi connectivity index (χ3n) is 3.66. The minimum absolute atomic E-state index is 0.199. The number of methoxy groups -OCH3 is 3. The summed E-state index contributed by atoms with van der Waals surface area (Å²) in [7, 11) is 4.60. The zero-order chi connectivity index (χ0) is 17.3. The molecule has 0 spiro atoms. The summed E-state index contributed by atoms with van der Waals surface area (Å²) in [4.78, 5) is 12.5. The van der Waals surface area contributed by atoms with E-state index in [0.29, 0.717) is 28.5 Å². The Kier molecular flexibility index (Phi) is 4.07. The summed E-state index contributed by atoms with van der Waals surface area (Å²) in [6, 6.07) is 3.52. The molecule has 2 heterocycles. The topological polar surface area (TPSA) is 104 Å². The molecular formula is C15H17N5O4. The molecule has 0 unspecified atom stereocenters. The summed E-state index contributed by atoms with van der Waals surface area (Å²) >= 11 is 0. The Labute approximate surface area is 137 Å². The molecule has 0 fully saturated rings. The third-order valence-corrected chi connectivity index (χ3v) is 3.66. The number of H-pyrrole nitrogens is 1. The number of hydrogen-bond acceptors (Lipinski definition) is 7. The summed E-state index contributed by atoms with van der Waals surface area (Å²) in [5.41, 5.74) is 1.87. The van der Waals surface area contributed by atoms with E-state index in [1.165, 1.54) is 26.0 Å². The molecule has 3 aromatic rings. The van der Waals surface area contributed by atoms with E-state index in [9.17, 15) is 4.79 Å². The van der Waals surface area contributed by atoms with Crippen LogP contribution in [-0.4, -0.2) is 46.5 Å². The van der Waals surface area contributed by atoms with Gasteiger partial charge in [-0.15, -0.1) is 5.10 Å². The molecule has 0 atom stereocenters. The largest absolute Gasteiger partial charge is 0.493 e. The number of nitrogens with one attached hydrogen (secondary N) is 1. The highest BCUT2D eigenvalue weighted by Crippen LogP contribution is 2.38. The van der Waals surface area contributed by atoms with Crippen LogP contribution in [0.25, 0.3) is 11.0 Å². The Balaban J connectivity index is 2.05. The first kappa shape index (κ1) is 15.8. The van der Waals surface area contributed by atoms with Crippen LogP contribution in [0.3, 0.4) is 0 Å². The van der Waals surface area contributed by atoms with Crippen LogP contribution in [0, 0.1) is 6.92 Å². The number of aromatic amines is 1. The predicted molar refractivity (Wildman–Crippen MR) is 85.9 cm³/mol. The molecular weight excluding hydrogens is 314 g/mol. The summed E-state index contributed by atoms with van der Waals surface area (Å²) < 4.78 is 17.2. The van der Waals surface area contributed by atoms with Crippen molar-refractivity contribution < 1.29 is 14.2 Å². The molecule has 9 nitrogen and oxygen atoms in total. The number of aromatic nitrogens is 5. The van der Waals surface area contributed by atoms with Crippen LogP contribution in [0.2, 0.25) is 0 Å². The molecule has 126 valence electrons. The number of ether oxygens (including phenoxy) is 3. The predicted octanol–water partition coefficient (Wildman–Crippen LogP) is 0.897. The maximum atomic E-state index is 12.5. The first-order valence-electron chi connectivity index (χ1n) is 7.16. The van der Waals surface area contributed by atoms with Crippen LogP contribution in [-0.2, 0) is 6.54 Å². The third kappa shape index (κ3) is 2.53. The fourth-order valence-electron chi connectivity index (χ4n) is 2.46. The van der Waals surface area contributed by atoms with Crippen LogP contribution in [0.4, 0.5) is 0 Å². The van der Waals surface area contributed by atoms with Crippen molar-refractivity contribution in [3.8, 4) is 17.2 Å². The molecule has 1 aromatic carbocycles. The van der Waals surface area contributed by atoms with Crippen molar-refractivity contribution in [2.45, 2.75) is 13.5 Å². The average Bonchev–Trinajstić information content (AvgIpc) is 2.98. The Morgan fingerprint density at radius 3 is 2.33 bits per heavy atom. The standard InChI is InChI=1S/C15H17N5O4/c1-8-12-13(17-16-8)15(21)20(19-18-12)7-9-5-10(22-2)14(24-4)11(6-9)23-3/h5-6H,7H2,1-4H3,(H,16,17). The summed E-state index contributed by atoms with van der Waals surface area (Å²) in [6.45, 7) is 1.98. The zero-order valence-electron chi connectivity index (χ0n) is 13.8. The highest BCUT2D eigenvalue weighted by atomic mass is 16.5. The lowest BCUT2D eigenvalue weighted by atomic mass is 10.2. The Bertz CT molecular complexity index is 922. The van der Waals surface area contributed by atoms with Crippen LogP contribution >= 0.6 is 0 Å². The minimum atomic E-state index is -0.321. The van der Waals surface area contributed by atoms with Crippen molar-refractivity contribution in [1.29, 1.82) is 0 Å². The second-order valence-corrected chi connectivity index (χ2v) is 5.13. The monoisotopic (exact) mass is 331 g/mol. The second-order valence-electron chi connectivity index (χ2n) is 5.13. The van der Waals surface area contributed by atoms with Gasteiger partial charge in [-0.2, -0.15) is 5.10 Å². The number of benzene rings is 1. The molecule has 3 rings (SSSR count). The first-order valence-corrected chi connectivity index (χ1v) is 7.16. The number of rotatable bonds is 5. The maximum absolute atomic E-state index is 12.5. The maximum Gasteiger partial charge on any atom is 0.298 e. The molecule has 0 aliphatic heterocycles. The number of aryl methyl sites for hydroxylation is 1. The highest BCUT2D eigenvalue weighted by Gasteiger charge is 2.15. The summed E-state index contributed by atoms with van der Waals surface area (Å²) in [6.07, 6.45) is 0. The molecule has 0 saturated carbocycles. The molecule has 24 heavy (non-hydrogen) atoms. The normalized spacial score (nSPS) is 10.8. The molecule has 2 aromatic heterocycles. The smallest absolute Gasteiger partial charge is 0.298 e. The fraction of sp³-hybridized carbons (Fsp3) is 0.333. The van der Waals surface area contributed by atoms with Crippen molar-refractivity contribution in [1.82, 2.24) is 25.2 Å². The highest BCUT2D eigenvalue weighted by molar-refractivity contribution is 5.74. The average molecular weight is 331 g/mol. The minimum Gasteiger partial charge on any atom is -0.493 e. The summed E-state index contributed by atoms with van der Waals surface area (Å²) in [5, 5.41) is 14.7. The van der Waals surface area contributed by atoms with E-state index in [1.807, 2.05) is 0 Å². The van der Waals surface area contributed by atoms with E-state index in [1.54, 1.807) is 19.1 Å². The molecule has 0 bridgehead atoms. The Hall–Kier alpha value is -3.10. The van der Waals surface area contributed by atoms with E-state index in [2.05, 4.69) is 20.5 Å². The van der Waals surface area contributed by atoms with E-state index >= 15 is 0 Å². The molecule has 0 aliphatic carbocycles. The SMILES string of the molecule is COc1cc(Cn2nnc3c(C)[nH]nc3c2=O)cc(OC)c1OC. The van der Waals surface area contributed by atoms with E-state index < -0.39 is 0 Å². The number of nitrogens with zero attached hydrogens (tertiary/aromatic N) is 4. The fourth-order valence-corrected chi connectivity index (χ4v) is 2.46. The van der Waals surface area contributed by atoms with Gasteiger partial charge >= 0.3 is 0 Å². The van der Waals surface area contributed by atoms with E-state index in [-0.39, 0.29) is 17.6 Å². The zero-order valence-corrected chi connectivity index (χ0v) is 13.8. The van der Waals surface area contributed by atoms with Crippen molar-refractivity contribution in [3.05, 3.63) is 33.7 Å². The molecule has 0 radical (unpaired) electrons. The second kappa shape index (κ2) is 6.19. The van der Waals surface area contributed by atoms with Gasteiger partial charge in [0, 0.05) is 0 Å². The molecule has 0 amide bonds. The van der Waals surface area contributed by atoms with Gasteiger partial charge in [0.25, 0.3) is 5.56 Å². The van der Waals surface area contributed by atoms with Crippen LogP contribution < -0.4 is 19.8 Å². The Morgan fingerprint density at radius 1 is 1.08 bits per heavy atom. The molecule has 1 N–H and O–H groups in total. The van der Waals surface area contributed by atoms with Crippen molar-refractivity contribution in [2.24, 2.45) is 0 Å². The van der Waals surface area contributed by atoms with Gasteiger partial charge in [0.05, 0.1) is 33.6 Å². The van der Waals surface area contributed by atoms with Gasteiger partial charge in [-0.3, -0.25) is 9.89 Å². The quantitative estimate of drug-likeness (QED) is 0.740. The van der Waals surface area contributed by atoms with Gasteiger partial charge in [-0.1, -0.05) is 5.21 Å². The van der Waals surface area contributed by atoms with Gasteiger partial charge in [-0.05, 0) is 24.6 Å². The van der Waals surface area contributed by atoms with Crippen molar-refractivity contribution in [2.75, 3.05) is 21.3 Å². The van der Waals surface area contributed by atoms with Crippen molar-refractivity contribution in [3.63, 3.8) is 0 Å². The van der Waals surface area contributed by atoms with Crippen molar-refractivity contribution >= 4 is 11.0 Å². The van der Waals surface area contributed by atoms with E-state index in [4.69, 9.17) is 14.2 Å². The van der Waals surface area contributed by atoms with Gasteiger partial charge in [0.1, 0.15) is 5.52 Å². The van der Waals surface area contributed by atoms with Gasteiger partial charge in [0.2, 0.25) is 5.75 Å². The van der Waals surface area contributed by atoms with Gasteiger partial charge in [-0.25, -0.2) is 4.68 Å². The van der Waals surface area contributed by atoms with Crippen LogP contribution in [0.5, 0.6) is 17.2 Å². The van der Waals surface area contributed by atoms with Gasteiger partial charge in [0.15, 0.2) is 17.0 Å². The summed E-state index contributed by atoms with van der Waals surface area (Å²) in [5.74, 6) is 1.50. The lowest BCUT2D eigenvalue weighted by Crippen LogP contribution is -2.25. The first-order chi connectivity index (χ1) is 11.6. The lowest BCUT2D eigenvalue weighted by Gasteiger charge is -2.14. The van der Waals surface area contributed by atoms with Gasteiger partial charge < -0.3 is 14.2 Å². The van der Waals surface area contributed by atoms with E-state index in [0.717, 1.165) is 5.56 Å². The number of fused-ring (bicyclic) bond motifs is 1. The molecule has 9 heteroatoms. The van der Waals surface area contributed by atoms with Crippen LogP contribution in [0.1, 0.15) is 11.3 Å². The van der Waals surface area contributed by atoms with Crippen LogP contribution in [0.15, 0.2) is 16.9 Å². The Morgan fingerprint density at radius 2 is 1.75 bits per heavy atom. The number of hydrogen-bond donors (Lipinski definition) is 1. The lowest BCUT2D eigenvalue weighted by molar-refractivity contribution is 0.323. The molecule has 0 saturated heterocycles.